The summed E-state index contributed by atoms with van der Waals surface area (Å²) in [5.74, 6) is 0.0312. The van der Waals surface area contributed by atoms with Crippen LogP contribution in [0.15, 0.2) is 24.5 Å². The van der Waals surface area contributed by atoms with Crippen LogP contribution in [0.1, 0.15) is 55.3 Å². The van der Waals surface area contributed by atoms with Crippen LogP contribution < -0.4 is 5.32 Å². The van der Waals surface area contributed by atoms with Crippen molar-refractivity contribution in [2.24, 2.45) is 5.41 Å². The van der Waals surface area contributed by atoms with Gasteiger partial charge in [0, 0.05) is 37.1 Å². The van der Waals surface area contributed by atoms with Gasteiger partial charge in [0.05, 0.1) is 12.0 Å². The molecule has 25 heavy (non-hydrogen) atoms. The fourth-order valence-electron chi connectivity index (χ4n) is 4.50. The van der Waals surface area contributed by atoms with Gasteiger partial charge in [0.15, 0.2) is 0 Å². The molecule has 3 fully saturated rings. The summed E-state index contributed by atoms with van der Waals surface area (Å²) in [4.78, 5) is 30.4. The SMILES string of the molecule is O=C(NC1CC2(CCN(C(=O)CC3(O)CCC3)C2)C1)c1ccncc1. The molecule has 1 aromatic rings. The second-order valence-electron chi connectivity index (χ2n) is 8.13. The molecule has 4 rings (SSSR count). The number of amides is 2. The van der Waals surface area contributed by atoms with Crippen molar-refractivity contribution in [3.63, 3.8) is 0 Å². The lowest BCUT2D eigenvalue weighted by molar-refractivity contribution is -0.140. The third kappa shape index (κ3) is 3.27. The molecular formula is C19H25N3O3. The average molecular weight is 343 g/mol. The zero-order chi connectivity index (χ0) is 17.5. The summed E-state index contributed by atoms with van der Waals surface area (Å²) in [6.45, 7) is 1.55. The Balaban J connectivity index is 1.26. The average Bonchev–Trinajstić information content (AvgIpc) is 2.99. The zero-order valence-electron chi connectivity index (χ0n) is 14.4. The lowest BCUT2D eigenvalue weighted by Gasteiger charge is -2.45. The molecule has 1 aromatic heterocycles. The maximum Gasteiger partial charge on any atom is 0.251 e. The Morgan fingerprint density at radius 1 is 1.24 bits per heavy atom. The van der Waals surface area contributed by atoms with Crippen LogP contribution in [0.25, 0.3) is 0 Å². The van der Waals surface area contributed by atoms with E-state index in [1.807, 2.05) is 4.90 Å². The molecule has 2 amide bonds. The van der Waals surface area contributed by atoms with Crippen molar-refractivity contribution in [2.75, 3.05) is 13.1 Å². The molecule has 0 radical (unpaired) electrons. The molecule has 2 saturated carbocycles. The topological polar surface area (TPSA) is 82.5 Å². The monoisotopic (exact) mass is 343 g/mol. The van der Waals surface area contributed by atoms with Gasteiger partial charge in [-0.25, -0.2) is 0 Å². The van der Waals surface area contributed by atoms with Gasteiger partial charge in [-0.15, -0.1) is 0 Å². The smallest absolute Gasteiger partial charge is 0.251 e. The molecular weight excluding hydrogens is 318 g/mol. The number of nitrogens with one attached hydrogen (secondary N) is 1. The van der Waals surface area contributed by atoms with E-state index in [0.717, 1.165) is 51.6 Å². The second kappa shape index (κ2) is 6.09. The van der Waals surface area contributed by atoms with Gasteiger partial charge in [-0.3, -0.25) is 14.6 Å². The van der Waals surface area contributed by atoms with Crippen molar-refractivity contribution in [1.29, 1.82) is 0 Å². The van der Waals surface area contributed by atoms with E-state index < -0.39 is 5.60 Å². The van der Waals surface area contributed by atoms with E-state index in [1.165, 1.54) is 0 Å². The summed E-state index contributed by atoms with van der Waals surface area (Å²) in [7, 11) is 0. The summed E-state index contributed by atoms with van der Waals surface area (Å²) in [6, 6.07) is 3.61. The van der Waals surface area contributed by atoms with E-state index in [4.69, 9.17) is 0 Å². The summed E-state index contributed by atoms with van der Waals surface area (Å²) in [5, 5.41) is 13.3. The molecule has 1 saturated heterocycles. The number of carbonyl (C=O) groups excluding carboxylic acids is 2. The minimum Gasteiger partial charge on any atom is -0.389 e. The highest BCUT2D eigenvalue weighted by atomic mass is 16.3. The number of aliphatic hydroxyl groups is 1. The van der Waals surface area contributed by atoms with E-state index in [-0.39, 0.29) is 29.7 Å². The number of nitrogens with zero attached hydrogens (tertiary/aromatic N) is 2. The number of carbonyl (C=O) groups is 2. The first-order valence-corrected chi connectivity index (χ1v) is 9.18. The van der Waals surface area contributed by atoms with Gasteiger partial charge in [0.1, 0.15) is 0 Å². The predicted molar refractivity (Wildman–Crippen MR) is 91.8 cm³/mol. The molecule has 2 N–H and O–H groups in total. The summed E-state index contributed by atoms with van der Waals surface area (Å²) < 4.78 is 0. The Kier molecular flexibility index (Phi) is 4.02. The van der Waals surface area contributed by atoms with E-state index >= 15 is 0 Å². The van der Waals surface area contributed by atoms with E-state index in [9.17, 15) is 14.7 Å². The fourth-order valence-corrected chi connectivity index (χ4v) is 4.50. The molecule has 0 atom stereocenters. The van der Waals surface area contributed by atoms with Crippen LogP contribution in [0.3, 0.4) is 0 Å². The molecule has 1 aliphatic heterocycles. The maximum atomic E-state index is 12.4. The van der Waals surface area contributed by atoms with Crippen LogP contribution >= 0.6 is 0 Å². The Morgan fingerprint density at radius 3 is 2.60 bits per heavy atom. The number of rotatable bonds is 4. The third-order valence-corrected chi connectivity index (χ3v) is 6.19. The Bertz CT molecular complexity index is 666. The highest BCUT2D eigenvalue weighted by molar-refractivity contribution is 5.94. The molecule has 2 aliphatic carbocycles. The molecule has 6 heteroatoms. The van der Waals surface area contributed by atoms with Crippen molar-refractivity contribution >= 4 is 11.8 Å². The summed E-state index contributed by atoms with van der Waals surface area (Å²) >= 11 is 0. The van der Waals surface area contributed by atoms with Crippen LogP contribution in [-0.4, -0.2) is 51.5 Å². The van der Waals surface area contributed by atoms with E-state index in [1.54, 1.807) is 24.5 Å². The van der Waals surface area contributed by atoms with Crippen LogP contribution in [0.5, 0.6) is 0 Å². The number of hydrogen-bond donors (Lipinski definition) is 2. The predicted octanol–water partition coefficient (Wildman–Crippen LogP) is 1.50. The van der Waals surface area contributed by atoms with E-state index in [0.29, 0.717) is 5.56 Å². The maximum absolute atomic E-state index is 12.4. The van der Waals surface area contributed by atoms with Crippen molar-refractivity contribution in [1.82, 2.24) is 15.2 Å². The molecule has 0 bridgehead atoms. The molecule has 2 heterocycles. The minimum absolute atomic E-state index is 0.0552. The number of likely N-dealkylation sites (tertiary alicyclic amines) is 1. The third-order valence-electron chi connectivity index (χ3n) is 6.19. The molecule has 0 unspecified atom stereocenters. The fraction of sp³-hybridized carbons (Fsp3) is 0.632. The zero-order valence-corrected chi connectivity index (χ0v) is 14.4. The van der Waals surface area contributed by atoms with Crippen LogP contribution in [-0.2, 0) is 4.79 Å². The highest BCUT2D eigenvalue weighted by Crippen LogP contribution is 2.48. The quantitative estimate of drug-likeness (QED) is 0.868. The van der Waals surface area contributed by atoms with Crippen LogP contribution in [0.2, 0.25) is 0 Å². The van der Waals surface area contributed by atoms with Crippen molar-refractivity contribution in [3.8, 4) is 0 Å². The van der Waals surface area contributed by atoms with Crippen molar-refractivity contribution < 1.29 is 14.7 Å². The number of pyridine rings is 1. The van der Waals surface area contributed by atoms with Gasteiger partial charge >= 0.3 is 0 Å². The summed E-state index contributed by atoms with van der Waals surface area (Å²) in [5.41, 5.74) is 0.0506. The minimum atomic E-state index is -0.743. The Hall–Kier alpha value is -1.95. The van der Waals surface area contributed by atoms with E-state index in [2.05, 4.69) is 10.3 Å². The van der Waals surface area contributed by atoms with Crippen molar-refractivity contribution in [3.05, 3.63) is 30.1 Å². The van der Waals surface area contributed by atoms with Crippen LogP contribution in [0, 0.1) is 5.41 Å². The second-order valence-corrected chi connectivity index (χ2v) is 8.13. The van der Waals surface area contributed by atoms with Gasteiger partial charge in [0.2, 0.25) is 5.91 Å². The lowest BCUT2D eigenvalue weighted by atomic mass is 9.65. The molecule has 1 spiro atoms. The molecule has 0 aromatic carbocycles. The van der Waals surface area contributed by atoms with Gasteiger partial charge in [-0.05, 0) is 56.1 Å². The first-order valence-electron chi connectivity index (χ1n) is 9.18. The molecule has 3 aliphatic rings. The normalized spacial score (nSPS) is 29.8. The largest absolute Gasteiger partial charge is 0.389 e. The van der Waals surface area contributed by atoms with Crippen molar-refractivity contribution in [2.45, 2.75) is 56.6 Å². The Labute approximate surface area is 147 Å². The van der Waals surface area contributed by atoms with Gasteiger partial charge in [-0.1, -0.05) is 0 Å². The standard InChI is InChI=1S/C19H25N3O3/c23-16(12-19(25)4-1-5-19)22-9-6-18(13-22)10-15(11-18)21-17(24)14-2-7-20-8-3-14/h2-3,7-8,15,25H,1,4-6,9-13H2,(H,21,24). The van der Waals surface area contributed by atoms with Gasteiger partial charge in [0.25, 0.3) is 5.91 Å². The highest BCUT2D eigenvalue weighted by Gasteiger charge is 2.50. The molecule has 6 nitrogen and oxygen atoms in total. The number of hydrogen-bond acceptors (Lipinski definition) is 4. The first kappa shape index (κ1) is 16.5. The lowest BCUT2D eigenvalue weighted by Crippen LogP contribution is -2.52. The summed E-state index contributed by atoms with van der Waals surface area (Å²) in [6.07, 6.45) is 8.88. The van der Waals surface area contributed by atoms with Crippen LogP contribution in [0.4, 0.5) is 0 Å². The van der Waals surface area contributed by atoms with Gasteiger partial charge in [-0.2, -0.15) is 0 Å². The number of aromatic nitrogens is 1. The first-order chi connectivity index (χ1) is 12.0. The Morgan fingerprint density at radius 2 is 1.96 bits per heavy atom. The molecule has 134 valence electrons. The van der Waals surface area contributed by atoms with Gasteiger partial charge < -0.3 is 15.3 Å².